The molecule has 0 amide bonds. The van der Waals surface area contributed by atoms with Crippen molar-refractivity contribution in [1.82, 2.24) is 0 Å². The Morgan fingerprint density at radius 2 is 2.36 bits per heavy atom. The Balaban J connectivity index is 2.27. The van der Waals surface area contributed by atoms with E-state index in [0.29, 0.717) is 12.2 Å². The van der Waals surface area contributed by atoms with E-state index in [2.05, 4.69) is 6.92 Å². The molecule has 2 heteroatoms. The standard InChI is InChI=1S/C9H14O2/c1-6-8(10)5-7-3-4-9(6,2)11-7/h6-7H,3-5H2,1-2H3/t6-,7-,9+/m1/s1. The summed E-state index contributed by atoms with van der Waals surface area (Å²) in [6.45, 7) is 4.05. The summed E-state index contributed by atoms with van der Waals surface area (Å²) in [6, 6.07) is 0. The van der Waals surface area contributed by atoms with Crippen LogP contribution in [0.2, 0.25) is 0 Å². The zero-order valence-corrected chi connectivity index (χ0v) is 7.09. The Kier molecular flexibility index (Phi) is 1.37. The zero-order valence-electron chi connectivity index (χ0n) is 7.09. The number of fused-ring (bicyclic) bond motifs is 2. The Morgan fingerprint density at radius 1 is 1.64 bits per heavy atom. The summed E-state index contributed by atoms with van der Waals surface area (Å²) in [6.07, 6.45) is 3.03. The summed E-state index contributed by atoms with van der Waals surface area (Å²) in [5.74, 6) is 0.502. The maximum atomic E-state index is 11.4. The molecule has 2 saturated heterocycles. The van der Waals surface area contributed by atoms with Gasteiger partial charge < -0.3 is 4.74 Å². The molecule has 62 valence electrons. The van der Waals surface area contributed by atoms with Gasteiger partial charge in [-0.2, -0.15) is 0 Å². The van der Waals surface area contributed by atoms with Crippen LogP contribution >= 0.6 is 0 Å². The lowest BCUT2D eigenvalue weighted by molar-refractivity contribution is -0.149. The van der Waals surface area contributed by atoms with Crippen LogP contribution in [0.15, 0.2) is 0 Å². The lowest BCUT2D eigenvalue weighted by atomic mass is 9.85. The lowest BCUT2D eigenvalue weighted by Gasteiger charge is -2.34. The molecule has 0 spiro atoms. The van der Waals surface area contributed by atoms with Gasteiger partial charge >= 0.3 is 0 Å². The number of Topliss-reactive ketones (excluding diaryl/α,β-unsaturated/α-hetero) is 1. The van der Waals surface area contributed by atoms with Crippen LogP contribution in [0.1, 0.15) is 33.1 Å². The minimum atomic E-state index is -0.125. The van der Waals surface area contributed by atoms with E-state index in [1.807, 2.05) is 6.92 Å². The fourth-order valence-corrected chi connectivity index (χ4v) is 2.15. The van der Waals surface area contributed by atoms with Gasteiger partial charge in [-0.3, -0.25) is 4.79 Å². The van der Waals surface area contributed by atoms with Gasteiger partial charge in [0.15, 0.2) is 0 Å². The van der Waals surface area contributed by atoms with Crippen LogP contribution in [0, 0.1) is 5.92 Å². The Hall–Kier alpha value is -0.370. The normalized spacial score (nSPS) is 49.8. The Labute approximate surface area is 66.9 Å². The number of carbonyl (C=O) groups is 1. The summed E-state index contributed by atoms with van der Waals surface area (Å²) in [5, 5.41) is 0. The van der Waals surface area contributed by atoms with Crippen molar-refractivity contribution in [3.63, 3.8) is 0 Å². The van der Waals surface area contributed by atoms with Crippen LogP contribution in [0.25, 0.3) is 0 Å². The third-order valence-electron chi connectivity index (χ3n) is 3.23. The van der Waals surface area contributed by atoms with E-state index in [0.717, 1.165) is 12.8 Å². The fraction of sp³-hybridized carbons (Fsp3) is 0.889. The van der Waals surface area contributed by atoms with Crippen molar-refractivity contribution in [2.24, 2.45) is 5.92 Å². The molecule has 2 aliphatic rings. The van der Waals surface area contributed by atoms with Crippen molar-refractivity contribution in [3.05, 3.63) is 0 Å². The van der Waals surface area contributed by atoms with E-state index in [4.69, 9.17) is 4.74 Å². The van der Waals surface area contributed by atoms with Gasteiger partial charge in [0.1, 0.15) is 5.78 Å². The van der Waals surface area contributed by atoms with Crippen LogP contribution in [0.5, 0.6) is 0 Å². The molecule has 0 radical (unpaired) electrons. The first kappa shape index (κ1) is 7.29. The van der Waals surface area contributed by atoms with Crippen LogP contribution in [0.4, 0.5) is 0 Å². The highest BCUT2D eigenvalue weighted by atomic mass is 16.5. The van der Waals surface area contributed by atoms with E-state index in [9.17, 15) is 4.79 Å². The molecule has 2 bridgehead atoms. The van der Waals surface area contributed by atoms with E-state index in [-0.39, 0.29) is 17.6 Å². The van der Waals surface area contributed by atoms with Crippen molar-refractivity contribution in [2.75, 3.05) is 0 Å². The van der Waals surface area contributed by atoms with E-state index in [1.165, 1.54) is 0 Å². The number of carbonyl (C=O) groups excluding carboxylic acids is 1. The Morgan fingerprint density at radius 3 is 3.09 bits per heavy atom. The van der Waals surface area contributed by atoms with Crippen molar-refractivity contribution < 1.29 is 9.53 Å². The van der Waals surface area contributed by atoms with Gasteiger partial charge in [-0.1, -0.05) is 6.92 Å². The van der Waals surface area contributed by atoms with Gasteiger partial charge in [0.25, 0.3) is 0 Å². The molecule has 3 atom stereocenters. The first-order valence-corrected chi connectivity index (χ1v) is 4.32. The summed E-state index contributed by atoms with van der Waals surface area (Å²) in [7, 11) is 0. The lowest BCUT2D eigenvalue weighted by Crippen LogP contribution is -2.42. The maximum absolute atomic E-state index is 11.4. The highest BCUT2D eigenvalue weighted by Gasteiger charge is 2.48. The predicted molar refractivity (Wildman–Crippen MR) is 41.3 cm³/mol. The molecule has 0 unspecified atom stereocenters. The van der Waals surface area contributed by atoms with Gasteiger partial charge in [0.2, 0.25) is 0 Å². The first-order valence-electron chi connectivity index (χ1n) is 4.32. The molecule has 2 rings (SSSR count). The number of rotatable bonds is 0. The monoisotopic (exact) mass is 154 g/mol. The molecule has 2 fully saturated rings. The molecule has 2 heterocycles. The molecule has 0 aromatic heterocycles. The van der Waals surface area contributed by atoms with E-state index >= 15 is 0 Å². The quantitative estimate of drug-likeness (QED) is 0.529. The minimum absolute atomic E-state index is 0.112. The van der Waals surface area contributed by atoms with Crippen molar-refractivity contribution in [3.8, 4) is 0 Å². The average Bonchev–Trinajstić information content (AvgIpc) is 2.27. The maximum Gasteiger partial charge on any atom is 0.141 e. The van der Waals surface area contributed by atoms with Crippen LogP contribution in [0.3, 0.4) is 0 Å². The van der Waals surface area contributed by atoms with E-state index < -0.39 is 0 Å². The SMILES string of the molecule is C[C@@H]1C(=O)C[C@H]2CC[C@]1(C)O2. The topological polar surface area (TPSA) is 26.3 Å². The Bertz CT molecular complexity index is 200. The second-order valence-corrected chi connectivity index (χ2v) is 3.98. The average molecular weight is 154 g/mol. The molecular weight excluding hydrogens is 140 g/mol. The van der Waals surface area contributed by atoms with Crippen molar-refractivity contribution in [1.29, 1.82) is 0 Å². The molecule has 0 saturated carbocycles. The predicted octanol–water partition coefficient (Wildman–Crippen LogP) is 1.53. The number of ether oxygens (including phenoxy) is 1. The van der Waals surface area contributed by atoms with Gasteiger partial charge in [0, 0.05) is 12.3 Å². The zero-order chi connectivity index (χ0) is 8.06. The molecule has 0 aromatic rings. The fourth-order valence-electron chi connectivity index (χ4n) is 2.15. The largest absolute Gasteiger partial charge is 0.371 e. The number of hydrogen-bond donors (Lipinski definition) is 0. The van der Waals surface area contributed by atoms with E-state index in [1.54, 1.807) is 0 Å². The van der Waals surface area contributed by atoms with Gasteiger partial charge in [-0.05, 0) is 19.8 Å². The molecule has 0 N–H and O–H groups in total. The second-order valence-electron chi connectivity index (χ2n) is 3.98. The second kappa shape index (κ2) is 2.07. The summed E-state index contributed by atoms with van der Waals surface area (Å²) in [4.78, 5) is 11.4. The van der Waals surface area contributed by atoms with Crippen LogP contribution < -0.4 is 0 Å². The highest BCUT2D eigenvalue weighted by molar-refractivity contribution is 5.83. The molecule has 0 aromatic carbocycles. The third kappa shape index (κ3) is 0.924. The van der Waals surface area contributed by atoms with Crippen LogP contribution in [-0.4, -0.2) is 17.5 Å². The molecule has 11 heavy (non-hydrogen) atoms. The molecule has 2 aliphatic heterocycles. The number of ketones is 1. The van der Waals surface area contributed by atoms with Crippen molar-refractivity contribution >= 4 is 5.78 Å². The van der Waals surface area contributed by atoms with Crippen LogP contribution in [-0.2, 0) is 9.53 Å². The summed E-state index contributed by atoms with van der Waals surface area (Å²) in [5.41, 5.74) is -0.125. The highest BCUT2D eigenvalue weighted by Crippen LogP contribution is 2.42. The molecule has 2 nitrogen and oxygen atoms in total. The summed E-state index contributed by atoms with van der Waals surface area (Å²) < 4.78 is 5.75. The minimum Gasteiger partial charge on any atom is -0.371 e. The van der Waals surface area contributed by atoms with Gasteiger partial charge in [-0.25, -0.2) is 0 Å². The first-order chi connectivity index (χ1) is 5.12. The number of hydrogen-bond acceptors (Lipinski definition) is 2. The summed E-state index contributed by atoms with van der Waals surface area (Å²) >= 11 is 0. The molecular formula is C9H14O2. The smallest absolute Gasteiger partial charge is 0.141 e. The van der Waals surface area contributed by atoms with Gasteiger partial charge in [0.05, 0.1) is 11.7 Å². The molecule has 0 aliphatic carbocycles. The van der Waals surface area contributed by atoms with Gasteiger partial charge in [-0.15, -0.1) is 0 Å². The third-order valence-corrected chi connectivity index (χ3v) is 3.23. The van der Waals surface area contributed by atoms with Crippen molar-refractivity contribution in [2.45, 2.75) is 44.8 Å².